The van der Waals surface area contributed by atoms with Gasteiger partial charge >= 0.3 is 0 Å². The Morgan fingerprint density at radius 2 is 1.29 bits per heavy atom. The number of carbonyl (C=O) groups is 1. The fraction of sp³-hybridized carbons (Fsp3) is 0.258. The molecule has 0 radical (unpaired) electrons. The highest BCUT2D eigenvalue weighted by molar-refractivity contribution is 6.06. The molecule has 7 nitrogen and oxygen atoms in total. The van der Waals surface area contributed by atoms with Crippen molar-refractivity contribution in [2.24, 2.45) is 0 Å². The van der Waals surface area contributed by atoms with Crippen molar-refractivity contribution in [2.45, 2.75) is 12.8 Å². The van der Waals surface area contributed by atoms with Gasteiger partial charge in [0.1, 0.15) is 11.5 Å². The second-order valence-corrected chi connectivity index (χ2v) is 10.4. The summed E-state index contributed by atoms with van der Waals surface area (Å²) in [5.41, 5.74) is 5.18. The van der Waals surface area contributed by atoms with Crippen LogP contribution in [0.5, 0.6) is 11.5 Å². The summed E-state index contributed by atoms with van der Waals surface area (Å²) in [7, 11) is 8.12. The second kappa shape index (κ2) is 10.4. The van der Waals surface area contributed by atoms with Crippen LogP contribution in [0.25, 0.3) is 27.5 Å². The maximum atomic E-state index is 14.1. The summed E-state index contributed by atoms with van der Waals surface area (Å²) in [6, 6.07) is 18.2. The molecule has 0 spiro atoms. The first kappa shape index (κ1) is 25.6. The molecule has 7 heteroatoms. The maximum absolute atomic E-state index is 14.1. The van der Waals surface area contributed by atoms with Crippen LogP contribution >= 0.6 is 0 Å². The predicted molar refractivity (Wildman–Crippen MR) is 153 cm³/mol. The van der Waals surface area contributed by atoms with Crippen LogP contribution < -0.4 is 0 Å². The van der Waals surface area contributed by atoms with Crippen LogP contribution in [0.2, 0.25) is 0 Å². The van der Waals surface area contributed by atoms with Crippen molar-refractivity contribution >= 4 is 27.7 Å². The number of phenolic OH excluding ortho intramolecular Hbond substituents is 2. The molecule has 2 N–H and O–H groups in total. The zero-order chi connectivity index (χ0) is 27.0. The lowest BCUT2D eigenvalue weighted by molar-refractivity contribution is 0.0965. The Hall–Kier alpha value is -4.07. The molecule has 0 saturated carbocycles. The van der Waals surface area contributed by atoms with Gasteiger partial charge in [-0.2, -0.15) is 0 Å². The molecule has 0 saturated heterocycles. The van der Waals surface area contributed by atoms with E-state index in [9.17, 15) is 15.0 Å². The number of carbonyl (C=O) groups excluding carboxylic acids is 1. The average molecular weight is 511 g/mol. The molecule has 2 heterocycles. The molecule has 0 aliphatic rings. The van der Waals surface area contributed by atoms with E-state index in [2.05, 4.69) is 20.6 Å². The number of hydrogen-bond donors (Lipinski definition) is 2. The van der Waals surface area contributed by atoms with E-state index in [4.69, 9.17) is 0 Å². The molecule has 38 heavy (non-hydrogen) atoms. The van der Waals surface area contributed by atoms with Gasteiger partial charge in [0.2, 0.25) is 0 Å². The van der Waals surface area contributed by atoms with Crippen LogP contribution in [0.3, 0.4) is 0 Å². The monoisotopic (exact) mass is 510 g/mol. The molecule has 5 rings (SSSR count). The first-order chi connectivity index (χ1) is 18.2. The number of benzene rings is 3. The van der Waals surface area contributed by atoms with Crippen LogP contribution in [-0.4, -0.2) is 76.3 Å². The van der Waals surface area contributed by atoms with Crippen LogP contribution in [-0.2, 0) is 12.8 Å². The number of phenols is 2. The van der Waals surface area contributed by atoms with Crippen molar-refractivity contribution in [3.8, 4) is 17.2 Å². The standard InChI is InChI=1S/C31H34N4O3/c1-32(2)15-13-21-19-34(29-11-9-23(36)17-26(21)29)28-8-6-5-7-25(28)31(38)35-20-22(14-16-33(3)4)27-18-24(37)10-12-30(27)35/h5-12,17-20,36-37H,13-16H2,1-4H3. The number of rotatable bonds is 8. The number of para-hydroxylation sites is 1. The molecule has 3 aromatic carbocycles. The van der Waals surface area contributed by atoms with Gasteiger partial charge in [0, 0.05) is 36.3 Å². The fourth-order valence-electron chi connectivity index (χ4n) is 5.02. The fourth-order valence-corrected chi connectivity index (χ4v) is 5.02. The highest BCUT2D eigenvalue weighted by Crippen LogP contribution is 2.32. The van der Waals surface area contributed by atoms with Crippen molar-refractivity contribution in [3.05, 3.63) is 89.7 Å². The van der Waals surface area contributed by atoms with Gasteiger partial charge in [-0.1, -0.05) is 12.1 Å². The largest absolute Gasteiger partial charge is 0.508 e. The van der Waals surface area contributed by atoms with Gasteiger partial charge in [-0.15, -0.1) is 0 Å². The highest BCUT2D eigenvalue weighted by Gasteiger charge is 2.21. The van der Waals surface area contributed by atoms with Gasteiger partial charge in [-0.3, -0.25) is 9.36 Å². The maximum Gasteiger partial charge on any atom is 0.264 e. The third-order valence-electron chi connectivity index (χ3n) is 7.01. The molecule has 0 amide bonds. The lowest BCUT2D eigenvalue weighted by Gasteiger charge is -2.13. The van der Waals surface area contributed by atoms with E-state index in [0.717, 1.165) is 64.6 Å². The Bertz CT molecular complexity index is 1630. The Labute approximate surface area is 222 Å². The molecule has 5 aromatic rings. The summed E-state index contributed by atoms with van der Waals surface area (Å²) >= 11 is 0. The average Bonchev–Trinajstić information content (AvgIpc) is 3.43. The molecule has 0 fully saturated rings. The predicted octanol–water partition coefficient (Wildman–Crippen LogP) is 4.89. The number of aromatic nitrogens is 2. The molecular weight excluding hydrogens is 476 g/mol. The topological polar surface area (TPSA) is 73.9 Å². The van der Waals surface area contributed by atoms with Crippen LogP contribution in [0.1, 0.15) is 21.5 Å². The third kappa shape index (κ3) is 4.90. The van der Waals surface area contributed by atoms with Crippen LogP contribution in [0.15, 0.2) is 73.1 Å². The SMILES string of the molecule is CN(C)CCc1cn(C(=O)c2ccccc2-n2cc(CCN(C)C)c3cc(O)ccc32)c2ccc(O)cc12. The van der Waals surface area contributed by atoms with E-state index in [0.29, 0.717) is 5.56 Å². The lowest BCUT2D eigenvalue weighted by atomic mass is 10.1. The van der Waals surface area contributed by atoms with E-state index in [-0.39, 0.29) is 17.4 Å². The summed E-state index contributed by atoms with van der Waals surface area (Å²) in [4.78, 5) is 18.4. The first-order valence-corrected chi connectivity index (χ1v) is 12.8. The molecule has 0 aliphatic heterocycles. The second-order valence-electron chi connectivity index (χ2n) is 10.4. The van der Waals surface area contributed by atoms with Crippen molar-refractivity contribution in [3.63, 3.8) is 0 Å². The van der Waals surface area contributed by atoms with Crippen molar-refractivity contribution in [1.82, 2.24) is 18.9 Å². The Balaban J connectivity index is 1.64. The molecule has 0 bridgehead atoms. The van der Waals surface area contributed by atoms with Gasteiger partial charge in [-0.05, 0) is 101 Å². The summed E-state index contributed by atoms with van der Waals surface area (Å²) in [6.45, 7) is 1.70. The van der Waals surface area contributed by atoms with Gasteiger partial charge in [0.05, 0.1) is 22.3 Å². The summed E-state index contributed by atoms with van der Waals surface area (Å²) < 4.78 is 3.75. The highest BCUT2D eigenvalue weighted by atomic mass is 16.3. The molecule has 196 valence electrons. The van der Waals surface area contributed by atoms with Crippen molar-refractivity contribution in [2.75, 3.05) is 41.3 Å². The molecule has 0 aliphatic carbocycles. The Morgan fingerprint density at radius 1 is 0.737 bits per heavy atom. The smallest absolute Gasteiger partial charge is 0.264 e. The number of fused-ring (bicyclic) bond motifs is 2. The van der Waals surface area contributed by atoms with Crippen molar-refractivity contribution < 1.29 is 15.0 Å². The zero-order valence-corrected chi connectivity index (χ0v) is 22.3. The Morgan fingerprint density at radius 3 is 1.92 bits per heavy atom. The molecule has 0 unspecified atom stereocenters. The zero-order valence-electron chi connectivity index (χ0n) is 22.3. The first-order valence-electron chi connectivity index (χ1n) is 12.8. The van der Waals surface area contributed by atoms with Crippen LogP contribution in [0.4, 0.5) is 0 Å². The number of hydrogen-bond acceptors (Lipinski definition) is 5. The van der Waals surface area contributed by atoms with Gasteiger partial charge in [-0.25, -0.2) is 0 Å². The molecule has 0 atom stereocenters. The lowest BCUT2D eigenvalue weighted by Crippen LogP contribution is -2.15. The van der Waals surface area contributed by atoms with E-state index in [1.165, 1.54) is 0 Å². The van der Waals surface area contributed by atoms with Gasteiger partial charge in [0.25, 0.3) is 5.91 Å². The normalized spacial score (nSPS) is 11.8. The minimum atomic E-state index is -0.136. The third-order valence-corrected chi connectivity index (χ3v) is 7.01. The molecular formula is C31H34N4O3. The number of aromatic hydroxyl groups is 2. The van der Waals surface area contributed by atoms with E-state index >= 15 is 0 Å². The Kier molecular flexibility index (Phi) is 6.97. The number of likely N-dealkylation sites (N-methyl/N-ethyl adjacent to an activating group) is 2. The van der Waals surface area contributed by atoms with Crippen LogP contribution in [0, 0.1) is 0 Å². The van der Waals surface area contributed by atoms with Crippen molar-refractivity contribution in [1.29, 1.82) is 0 Å². The van der Waals surface area contributed by atoms with E-state index in [1.54, 1.807) is 34.9 Å². The van der Waals surface area contributed by atoms with Gasteiger partial charge < -0.3 is 24.6 Å². The van der Waals surface area contributed by atoms with E-state index in [1.807, 2.05) is 64.7 Å². The minimum Gasteiger partial charge on any atom is -0.508 e. The van der Waals surface area contributed by atoms with E-state index < -0.39 is 0 Å². The summed E-state index contributed by atoms with van der Waals surface area (Å²) in [5, 5.41) is 22.2. The minimum absolute atomic E-state index is 0.136. The summed E-state index contributed by atoms with van der Waals surface area (Å²) in [6.07, 6.45) is 5.56. The molecule has 2 aromatic heterocycles. The number of nitrogens with zero attached hydrogens (tertiary/aromatic N) is 4. The quantitative estimate of drug-likeness (QED) is 0.311. The summed E-state index contributed by atoms with van der Waals surface area (Å²) in [5.74, 6) is 0.266. The van der Waals surface area contributed by atoms with Gasteiger partial charge in [0.15, 0.2) is 0 Å².